The van der Waals surface area contributed by atoms with Crippen molar-refractivity contribution in [3.8, 4) is 0 Å². The largest absolute Gasteiger partial charge is 0.490 e. The van der Waals surface area contributed by atoms with Crippen LogP contribution >= 0.6 is 23.5 Å². The van der Waals surface area contributed by atoms with E-state index in [0.717, 1.165) is 10.9 Å². The zero-order chi connectivity index (χ0) is 24.1. The van der Waals surface area contributed by atoms with E-state index in [2.05, 4.69) is 28.1 Å². The minimum absolute atomic E-state index is 0. The van der Waals surface area contributed by atoms with E-state index in [1.54, 1.807) is 0 Å². The lowest BCUT2D eigenvalue weighted by atomic mass is 10.1. The number of imidazole rings is 1. The lowest BCUT2D eigenvalue weighted by Gasteiger charge is -2.19. The molecule has 6 atom stereocenters. The highest BCUT2D eigenvalue weighted by atomic mass is 31.3. The summed E-state index contributed by atoms with van der Waals surface area (Å²) in [5.74, 6) is -0.276. The van der Waals surface area contributed by atoms with Gasteiger partial charge in [0.25, 0.3) is 5.56 Å². The smallest absolute Gasteiger partial charge is 0.387 e. The van der Waals surface area contributed by atoms with Gasteiger partial charge < -0.3 is 58.7 Å². The number of hydrogen-bond acceptors (Lipinski definition) is 16. The van der Waals surface area contributed by atoms with Gasteiger partial charge in [-0.25, -0.2) is 18.7 Å². The number of aliphatic hydroxyl groups excluding tert-OH is 2. The van der Waals surface area contributed by atoms with Crippen LogP contribution in [0.25, 0.3) is 11.2 Å². The number of H-pyrrole nitrogens is 1. The first-order valence-corrected chi connectivity index (χ1v) is 12.6. The van der Waals surface area contributed by atoms with Gasteiger partial charge in [0.2, 0.25) is 5.95 Å². The van der Waals surface area contributed by atoms with Gasteiger partial charge in [-0.2, -0.15) is 13.6 Å². The molecule has 0 bridgehead atoms. The third-order valence-electron chi connectivity index (χ3n) is 3.88. The van der Waals surface area contributed by atoms with E-state index in [1.165, 1.54) is 0 Å². The number of nitrogen functional groups attached to an aromatic ring is 1. The molecule has 22 nitrogen and oxygen atoms in total. The normalized spacial score (nSPS) is 25.5. The summed E-state index contributed by atoms with van der Waals surface area (Å²) in [5, 5.41) is 20.4. The Balaban J connectivity index is 0.00000385. The van der Waals surface area contributed by atoms with Crippen molar-refractivity contribution in [3.05, 3.63) is 16.7 Å². The molecule has 25 heteroatoms. The number of hydrogen-bond donors (Lipinski definition) is 11. The van der Waals surface area contributed by atoms with Crippen molar-refractivity contribution in [3.63, 3.8) is 0 Å². The summed E-state index contributed by atoms with van der Waals surface area (Å²) >= 11 is 0. The average Bonchev–Trinajstić information content (AvgIpc) is 3.12. The van der Waals surface area contributed by atoms with Crippen molar-refractivity contribution in [1.82, 2.24) is 38.0 Å². The number of fused-ring (bicyclic) bond motifs is 1. The maximum Gasteiger partial charge on any atom is 0.490 e. The summed E-state index contributed by atoms with van der Waals surface area (Å²) in [6.45, 7) is -1.01. The Labute approximate surface area is 194 Å². The molecule has 1 aliphatic heterocycles. The maximum absolute atomic E-state index is 11.9. The van der Waals surface area contributed by atoms with Crippen LogP contribution in [0.1, 0.15) is 6.23 Å². The summed E-state index contributed by atoms with van der Waals surface area (Å²) in [6.07, 6.45) is -5.33. The molecule has 0 aromatic carbocycles. The Hall–Kier alpha value is -1.68. The Morgan fingerprint density at radius 1 is 1.06 bits per heavy atom. The quantitative estimate of drug-likeness (QED) is 0.154. The van der Waals surface area contributed by atoms with Crippen LogP contribution in [0.15, 0.2) is 11.1 Å². The summed E-state index contributed by atoms with van der Waals surface area (Å²) in [6, 6.07) is 0. The van der Waals surface area contributed by atoms with E-state index < -0.39 is 60.2 Å². The van der Waals surface area contributed by atoms with Gasteiger partial charge in [-0.05, 0) is 0 Å². The molecule has 3 unspecified atom stereocenters. The molecular weight excluding hydrogens is 549 g/mol. The van der Waals surface area contributed by atoms with Gasteiger partial charge in [0.05, 0.1) is 12.9 Å². The van der Waals surface area contributed by atoms with Crippen molar-refractivity contribution in [1.29, 1.82) is 0 Å². The molecule has 2 aromatic heterocycles. The van der Waals surface area contributed by atoms with Crippen molar-refractivity contribution in [2.24, 2.45) is 0 Å². The lowest BCUT2D eigenvalue weighted by Crippen LogP contribution is -2.33. The summed E-state index contributed by atoms with van der Waals surface area (Å²) in [5.41, 5.74) is 4.50. The first-order valence-electron chi connectivity index (χ1n) is 8.11. The predicted octanol–water partition coefficient (Wildman–Crippen LogP) is -1.85. The summed E-state index contributed by atoms with van der Waals surface area (Å²) < 4.78 is 51.6. The Kier molecular flexibility index (Phi) is 11.0. The number of rotatable bonds is 8. The van der Waals surface area contributed by atoms with E-state index in [-0.39, 0.29) is 35.6 Å². The topological polar surface area (TPSA) is 404 Å². The molecule has 18 N–H and O–H groups in total. The van der Waals surface area contributed by atoms with Gasteiger partial charge in [0.1, 0.15) is 18.3 Å². The van der Waals surface area contributed by atoms with Gasteiger partial charge >= 0.3 is 23.5 Å². The van der Waals surface area contributed by atoms with Gasteiger partial charge in [0.15, 0.2) is 17.4 Å². The first kappa shape index (κ1) is 33.3. The number of nitrogens with two attached hydrogens (primary N) is 1. The third kappa shape index (κ3) is 7.90. The molecule has 204 valence electrons. The number of aromatic nitrogens is 4. The number of ether oxygens (including phenoxy) is 1. The molecule has 3 heterocycles. The van der Waals surface area contributed by atoms with Crippen LogP contribution in [0.5, 0.6) is 0 Å². The molecule has 0 saturated carbocycles. The fourth-order valence-corrected chi connectivity index (χ4v) is 5.73. The Bertz CT molecular complexity index is 1210. The number of phosphoric ester groups is 1. The molecule has 0 amide bonds. The molecule has 35 heavy (non-hydrogen) atoms. The van der Waals surface area contributed by atoms with Gasteiger partial charge in [-0.15, -0.1) is 0 Å². The molecule has 0 radical (unpaired) electrons. The van der Waals surface area contributed by atoms with Crippen LogP contribution < -0.4 is 29.7 Å². The standard InChI is InChI=1S/C10H16N5O14P3.3H3N/c11-10-13-7-4(8(18)14-10)12-2-15(7)9-6(17)5(16)3(27-9)1-26-31(22,23)29-32(24,25)28-30(19,20)21;;;/h2-3,5-6,9,16-17H,1H2,(H,22,23)(H,24,25)(H2,19,20,21)(H3,11,13,14,18);3*1H3/t3-,5+,6?,9-;;;/m1.../s1. The van der Waals surface area contributed by atoms with Crippen molar-refractivity contribution in [2.75, 3.05) is 12.3 Å². The summed E-state index contributed by atoms with van der Waals surface area (Å²) in [7, 11) is -16.8. The monoisotopic (exact) mass is 574 g/mol. The lowest BCUT2D eigenvalue weighted by molar-refractivity contribution is -0.0503. The van der Waals surface area contributed by atoms with Crippen LogP contribution in [0.3, 0.4) is 0 Å². The van der Waals surface area contributed by atoms with E-state index in [1.807, 2.05) is 0 Å². The summed E-state index contributed by atoms with van der Waals surface area (Å²) in [4.78, 5) is 57.3. The fourth-order valence-electron chi connectivity index (χ4n) is 2.70. The SMILES string of the molecule is N.N.N.Nc1nc2c(ncn2[C@@H]2O[C@H](COP(=O)(O)OP(=O)(O)OP(=O)(O)O)[C@H](O)C2O)c(=O)[nH]1. The number of aliphatic hydroxyl groups is 2. The molecule has 1 saturated heterocycles. The number of aromatic amines is 1. The average molecular weight is 574 g/mol. The fraction of sp³-hybridized carbons (Fsp3) is 0.500. The van der Waals surface area contributed by atoms with Gasteiger partial charge in [-0.1, -0.05) is 0 Å². The van der Waals surface area contributed by atoms with Crippen LogP contribution in [0, 0.1) is 0 Å². The number of nitrogens with one attached hydrogen (secondary N) is 1. The zero-order valence-corrected chi connectivity index (χ0v) is 20.1. The van der Waals surface area contributed by atoms with E-state index >= 15 is 0 Å². The molecular formula is C10H25N8O14P3. The Morgan fingerprint density at radius 2 is 1.66 bits per heavy atom. The minimum Gasteiger partial charge on any atom is -0.387 e. The van der Waals surface area contributed by atoms with Gasteiger partial charge in [0, 0.05) is 0 Å². The first-order chi connectivity index (χ1) is 14.6. The van der Waals surface area contributed by atoms with E-state index in [0.29, 0.717) is 0 Å². The maximum atomic E-state index is 11.9. The van der Waals surface area contributed by atoms with Crippen LogP contribution in [0.2, 0.25) is 0 Å². The zero-order valence-electron chi connectivity index (χ0n) is 17.4. The second-order valence-electron chi connectivity index (χ2n) is 6.21. The highest BCUT2D eigenvalue weighted by Gasteiger charge is 2.47. The second kappa shape index (κ2) is 11.6. The van der Waals surface area contributed by atoms with Crippen molar-refractivity contribution < 1.29 is 61.4 Å². The van der Waals surface area contributed by atoms with Crippen molar-refractivity contribution in [2.45, 2.75) is 24.5 Å². The molecule has 2 aromatic rings. The van der Waals surface area contributed by atoms with Crippen LogP contribution in [-0.4, -0.2) is 74.2 Å². The van der Waals surface area contributed by atoms with Crippen LogP contribution in [0.4, 0.5) is 5.95 Å². The number of phosphoric acid groups is 3. The highest BCUT2D eigenvalue weighted by molar-refractivity contribution is 7.66. The second-order valence-corrected chi connectivity index (χ2v) is 10.6. The van der Waals surface area contributed by atoms with Crippen LogP contribution in [-0.2, 0) is 31.6 Å². The molecule has 1 aliphatic rings. The third-order valence-corrected chi connectivity index (χ3v) is 7.68. The molecule has 0 spiro atoms. The molecule has 3 rings (SSSR count). The molecule has 0 aliphatic carbocycles. The van der Waals surface area contributed by atoms with Crippen molar-refractivity contribution >= 4 is 40.6 Å². The number of anilines is 1. The highest BCUT2D eigenvalue weighted by Crippen LogP contribution is 2.66. The van der Waals surface area contributed by atoms with Gasteiger partial charge in [-0.3, -0.25) is 18.9 Å². The molecule has 1 fully saturated rings. The Morgan fingerprint density at radius 3 is 2.23 bits per heavy atom. The van der Waals surface area contributed by atoms with E-state index in [4.69, 9.17) is 25.2 Å². The number of nitrogens with zero attached hydrogens (tertiary/aromatic N) is 3. The van der Waals surface area contributed by atoms with E-state index in [9.17, 15) is 33.6 Å². The minimum atomic E-state index is -5.73. The predicted molar refractivity (Wildman–Crippen MR) is 113 cm³/mol.